The van der Waals surface area contributed by atoms with E-state index in [1.54, 1.807) is 12.1 Å². The smallest absolute Gasteiger partial charge is 0.115 e. The third-order valence-electron chi connectivity index (χ3n) is 2.18. The SMILES string of the molecule is CC#CC(/C=C\C)=C/c1ccc(O)cc1C. The molecule has 0 fully saturated rings. The van der Waals surface area contributed by atoms with Crippen molar-refractivity contribution in [2.24, 2.45) is 0 Å². The molecule has 0 spiro atoms. The Hall–Kier alpha value is -1.94. The summed E-state index contributed by atoms with van der Waals surface area (Å²) in [6, 6.07) is 5.33. The van der Waals surface area contributed by atoms with E-state index in [2.05, 4.69) is 11.8 Å². The molecule has 1 nitrogen and oxygen atoms in total. The Morgan fingerprint density at radius 1 is 1.38 bits per heavy atom. The summed E-state index contributed by atoms with van der Waals surface area (Å²) in [6.07, 6.45) is 5.96. The molecular formula is C15H16O. The zero-order valence-electron chi connectivity index (χ0n) is 9.91. The van der Waals surface area contributed by atoms with Crippen molar-refractivity contribution < 1.29 is 5.11 Å². The molecule has 0 aliphatic carbocycles. The van der Waals surface area contributed by atoms with Crippen molar-refractivity contribution >= 4 is 6.08 Å². The summed E-state index contributed by atoms with van der Waals surface area (Å²) in [5, 5.41) is 9.32. The first-order chi connectivity index (χ1) is 7.67. The summed E-state index contributed by atoms with van der Waals surface area (Å²) in [4.78, 5) is 0. The molecule has 82 valence electrons. The van der Waals surface area contributed by atoms with E-state index in [1.165, 1.54) is 0 Å². The van der Waals surface area contributed by atoms with Gasteiger partial charge in [0.15, 0.2) is 0 Å². The van der Waals surface area contributed by atoms with E-state index < -0.39 is 0 Å². The lowest BCUT2D eigenvalue weighted by atomic mass is 10.1. The molecule has 1 aromatic carbocycles. The maximum absolute atomic E-state index is 9.32. The fourth-order valence-corrected chi connectivity index (χ4v) is 1.44. The monoisotopic (exact) mass is 212 g/mol. The topological polar surface area (TPSA) is 20.2 Å². The van der Waals surface area contributed by atoms with E-state index in [-0.39, 0.29) is 0 Å². The van der Waals surface area contributed by atoms with Crippen LogP contribution in [0.1, 0.15) is 25.0 Å². The molecule has 0 unspecified atom stereocenters. The van der Waals surface area contributed by atoms with Gasteiger partial charge < -0.3 is 5.11 Å². The standard InChI is InChI=1S/C15H16O/c1-4-6-13(7-5-2)11-14-8-9-15(16)10-12(14)3/h4,6,8-11,16H,1-3H3/b6-4-,13-11+. The molecule has 0 saturated heterocycles. The lowest BCUT2D eigenvalue weighted by Crippen LogP contribution is -1.81. The Kier molecular flexibility index (Phi) is 4.42. The quantitative estimate of drug-likeness (QED) is 0.585. The van der Waals surface area contributed by atoms with Gasteiger partial charge in [0.25, 0.3) is 0 Å². The van der Waals surface area contributed by atoms with Crippen LogP contribution >= 0.6 is 0 Å². The van der Waals surface area contributed by atoms with Crippen molar-refractivity contribution in [2.45, 2.75) is 20.8 Å². The highest BCUT2D eigenvalue weighted by Gasteiger charge is 1.97. The van der Waals surface area contributed by atoms with Gasteiger partial charge in [0.05, 0.1) is 0 Å². The Bertz CT molecular complexity index is 482. The van der Waals surface area contributed by atoms with E-state index in [0.717, 1.165) is 16.7 Å². The third kappa shape index (κ3) is 3.33. The molecule has 0 aliphatic heterocycles. The summed E-state index contributed by atoms with van der Waals surface area (Å²) < 4.78 is 0. The van der Waals surface area contributed by atoms with E-state index in [1.807, 2.05) is 45.1 Å². The number of hydrogen-bond donors (Lipinski definition) is 1. The molecular weight excluding hydrogens is 196 g/mol. The van der Waals surface area contributed by atoms with Crippen LogP contribution in [-0.4, -0.2) is 5.11 Å². The van der Waals surface area contributed by atoms with Crippen LogP contribution in [0.15, 0.2) is 35.9 Å². The summed E-state index contributed by atoms with van der Waals surface area (Å²) in [5.74, 6) is 6.22. The van der Waals surface area contributed by atoms with Crippen LogP contribution in [-0.2, 0) is 0 Å². The van der Waals surface area contributed by atoms with Crippen LogP contribution in [0.4, 0.5) is 0 Å². The second-order valence-electron chi connectivity index (χ2n) is 3.52. The first-order valence-electron chi connectivity index (χ1n) is 5.24. The van der Waals surface area contributed by atoms with Crippen LogP contribution in [0, 0.1) is 18.8 Å². The number of benzene rings is 1. The molecule has 0 aliphatic rings. The molecule has 0 atom stereocenters. The molecule has 1 N–H and O–H groups in total. The molecule has 0 heterocycles. The fraction of sp³-hybridized carbons (Fsp3) is 0.200. The van der Waals surface area contributed by atoms with E-state index in [9.17, 15) is 5.11 Å². The number of hydrogen-bond acceptors (Lipinski definition) is 1. The number of aromatic hydroxyl groups is 1. The number of phenolic OH excluding ortho intramolecular Hbond substituents is 1. The molecule has 0 aromatic heterocycles. The second kappa shape index (κ2) is 5.82. The maximum atomic E-state index is 9.32. The van der Waals surface area contributed by atoms with Gasteiger partial charge in [-0.25, -0.2) is 0 Å². The average molecular weight is 212 g/mol. The summed E-state index contributed by atoms with van der Waals surface area (Å²) in [5.41, 5.74) is 3.09. The third-order valence-corrected chi connectivity index (χ3v) is 2.18. The van der Waals surface area contributed by atoms with Gasteiger partial charge in [-0.05, 0) is 50.1 Å². The molecule has 1 aromatic rings. The van der Waals surface area contributed by atoms with E-state index in [0.29, 0.717) is 5.75 Å². The van der Waals surface area contributed by atoms with Gasteiger partial charge in [-0.1, -0.05) is 24.1 Å². The normalized spacial score (nSPS) is 11.3. The molecule has 0 bridgehead atoms. The first-order valence-corrected chi connectivity index (χ1v) is 5.24. The minimum atomic E-state index is 0.295. The van der Waals surface area contributed by atoms with Crippen molar-refractivity contribution in [3.05, 3.63) is 47.1 Å². The highest BCUT2D eigenvalue weighted by Crippen LogP contribution is 2.18. The lowest BCUT2D eigenvalue weighted by molar-refractivity contribution is 0.475. The highest BCUT2D eigenvalue weighted by atomic mass is 16.3. The Morgan fingerprint density at radius 2 is 2.12 bits per heavy atom. The largest absolute Gasteiger partial charge is 0.508 e. The van der Waals surface area contributed by atoms with Gasteiger partial charge in [-0.15, -0.1) is 5.92 Å². The number of phenols is 1. The molecule has 1 rings (SSSR count). The van der Waals surface area contributed by atoms with Gasteiger partial charge in [0.2, 0.25) is 0 Å². The minimum Gasteiger partial charge on any atom is -0.508 e. The maximum Gasteiger partial charge on any atom is 0.115 e. The molecule has 16 heavy (non-hydrogen) atoms. The lowest BCUT2D eigenvalue weighted by Gasteiger charge is -2.01. The van der Waals surface area contributed by atoms with Crippen LogP contribution in [0.3, 0.4) is 0 Å². The minimum absolute atomic E-state index is 0.295. The molecule has 0 radical (unpaired) electrons. The fourth-order valence-electron chi connectivity index (χ4n) is 1.44. The first kappa shape index (κ1) is 12.1. The van der Waals surface area contributed by atoms with Crippen molar-refractivity contribution in [3.63, 3.8) is 0 Å². The van der Waals surface area contributed by atoms with Gasteiger partial charge in [0.1, 0.15) is 5.75 Å². The summed E-state index contributed by atoms with van der Waals surface area (Å²) >= 11 is 0. The van der Waals surface area contributed by atoms with Gasteiger partial charge in [0, 0.05) is 5.57 Å². The Morgan fingerprint density at radius 3 is 2.69 bits per heavy atom. The summed E-state index contributed by atoms with van der Waals surface area (Å²) in [7, 11) is 0. The van der Waals surface area contributed by atoms with Crippen LogP contribution in [0.25, 0.3) is 6.08 Å². The van der Waals surface area contributed by atoms with Crippen molar-refractivity contribution in [2.75, 3.05) is 0 Å². The number of allylic oxidation sites excluding steroid dienone is 3. The number of aryl methyl sites for hydroxylation is 1. The predicted octanol–water partition coefficient (Wildman–Crippen LogP) is 3.68. The zero-order valence-corrected chi connectivity index (χ0v) is 9.91. The Labute approximate surface area is 97.1 Å². The van der Waals surface area contributed by atoms with E-state index >= 15 is 0 Å². The van der Waals surface area contributed by atoms with Gasteiger partial charge in [-0.3, -0.25) is 0 Å². The van der Waals surface area contributed by atoms with Crippen molar-refractivity contribution in [3.8, 4) is 17.6 Å². The molecule has 1 heteroatoms. The van der Waals surface area contributed by atoms with Crippen LogP contribution in [0.5, 0.6) is 5.75 Å². The Balaban J connectivity index is 3.16. The van der Waals surface area contributed by atoms with Gasteiger partial charge in [-0.2, -0.15) is 0 Å². The highest BCUT2D eigenvalue weighted by molar-refractivity contribution is 5.64. The predicted molar refractivity (Wildman–Crippen MR) is 69.1 cm³/mol. The van der Waals surface area contributed by atoms with Crippen molar-refractivity contribution in [1.29, 1.82) is 0 Å². The number of rotatable bonds is 2. The molecule has 0 amide bonds. The van der Waals surface area contributed by atoms with Crippen molar-refractivity contribution in [1.82, 2.24) is 0 Å². The van der Waals surface area contributed by atoms with Gasteiger partial charge >= 0.3 is 0 Å². The zero-order chi connectivity index (χ0) is 12.0. The second-order valence-corrected chi connectivity index (χ2v) is 3.52. The van der Waals surface area contributed by atoms with Crippen LogP contribution < -0.4 is 0 Å². The molecule has 0 saturated carbocycles. The average Bonchev–Trinajstić information content (AvgIpc) is 2.23. The van der Waals surface area contributed by atoms with Crippen LogP contribution in [0.2, 0.25) is 0 Å². The van der Waals surface area contributed by atoms with E-state index in [4.69, 9.17) is 0 Å². The summed E-state index contributed by atoms with van der Waals surface area (Å²) in [6.45, 7) is 5.76.